The Morgan fingerprint density at radius 2 is 2.28 bits per heavy atom. The zero-order valence-electron chi connectivity index (χ0n) is 10.4. The van der Waals surface area contributed by atoms with Gasteiger partial charge in [-0.15, -0.1) is 0 Å². The van der Waals surface area contributed by atoms with Gasteiger partial charge in [-0.25, -0.2) is 4.79 Å². The lowest BCUT2D eigenvalue weighted by molar-refractivity contribution is -0.131. The molecule has 0 amide bonds. The lowest BCUT2D eigenvalue weighted by atomic mass is 10.1. The second kappa shape index (κ2) is 7.18. The van der Waals surface area contributed by atoms with Crippen molar-refractivity contribution in [2.45, 2.75) is 0 Å². The van der Waals surface area contributed by atoms with Crippen molar-refractivity contribution in [3.8, 4) is 0 Å². The number of benzene rings is 1. The van der Waals surface area contributed by atoms with Crippen molar-refractivity contribution >= 4 is 33.7 Å². The van der Waals surface area contributed by atoms with E-state index < -0.39 is 5.97 Å². The van der Waals surface area contributed by atoms with Gasteiger partial charge in [-0.3, -0.25) is 0 Å². The van der Waals surface area contributed by atoms with E-state index in [1.165, 1.54) is 0 Å². The Morgan fingerprint density at radius 3 is 2.89 bits per heavy atom. The quantitative estimate of drug-likeness (QED) is 0.820. The summed E-state index contributed by atoms with van der Waals surface area (Å²) in [6.45, 7) is 1.36. The predicted octanol–water partition coefficient (Wildman–Crippen LogP) is 2.63. The van der Waals surface area contributed by atoms with E-state index >= 15 is 0 Å². The highest BCUT2D eigenvalue weighted by atomic mass is 79.9. The normalized spacial score (nSPS) is 10.8. The van der Waals surface area contributed by atoms with Gasteiger partial charge in [-0.05, 0) is 29.8 Å². The van der Waals surface area contributed by atoms with E-state index in [1.54, 1.807) is 13.2 Å². The zero-order valence-corrected chi connectivity index (χ0v) is 12.0. The largest absolute Gasteiger partial charge is 0.478 e. The van der Waals surface area contributed by atoms with Crippen molar-refractivity contribution in [3.63, 3.8) is 0 Å². The maximum absolute atomic E-state index is 10.6. The van der Waals surface area contributed by atoms with Gasteiger partial charge in [0.15, 0.2) is 0 Å². The summed E-state index contributed by atoms with van der Waals surface area (Å²) >= 11 is 3.38. The number of carboxylic acid groups (broad SMARTS) is 1. The summed E-state index contributed by atoms with van der Waals surface area (Å²) < 4.78 is 5.95. The monoisotopic (exact) mass is 313 g/mol. The van der Waals surface area contributed by atoms with Gasteiger partial charge in [-0.2, -0.15) is 0 Å². The molecule has 18 heavy (non-hydrogen) atoms. The molecule has 0 heterocycles. The van der Waals surface area contributed by atoms with Crippen molar-refractivity contribution in [2.24, 2.45) is 0 Å². The molecule has 0 unspecified atom stereocenters. The minimum absolute atomic E-state index is 0.620. The molecule has 0 radical (unpaired) electrons. The first kappa shape index (κ1) is 14.7. The Labute approximate surface area is 115 Å². The number of anilines is 1. The second-order valence-electron chi connectivity index (χ2n) is 3.79. The van der Waals surface area contributed by atoms with Crippen LogP contribution >= 0.6 is 15.9 Å². The van der Waals surface area contributed by atoms with E-state index in [9.17, 15) is 4.79 Å². The molecule has 0 aromatic heterocycles. The van der Waals surface area contributed by atoms with Gasteiger partial charge in [0.2, 0.25) is 0 Å². The molecule has 0 saturated carbocycles. The van der Waals surface area contributed by atoms with E-state index in [-0.39, 0.29) is 0 Å². The maximum Gasteiger partial charge on any atom is 0.328 e. The molecule has 1 N–H and O–H groups in total. The van der Waals surface area contributed by atoms with E-state index in [2.05, 4.69) is 15.9 Å². The van der Waals surface area contributed by atoms with Crippen LogP contribution in [0.1, 0.15) is 5.56 Å². The number of carbonyl (C=O) groups is 1. The summed E-state index contributed by atoms with van der Waals surface area (Å²) in [5, 5.41) is 8.68. The number of carboxylic acids is 1. The van der Waals surface area contributed by atoms with Crippen LogP contribution in [0.5, 0.6) is 0 Å². The van der Waals surface area contributed by atoms with Crippen molar-refractivity contribution in [2.75, 3.05) is 32.2 Å². The standard InChI is InChI=1S/C13H16BrNO3/c1-15(7-8-18-2)12-5-4-11(14)9-10(12)3-6-13(16)17/h3-6,9H,7-8H2,1-2H3,(H,16,17)/b6-3+. The lowest BCUT2D eigenvalue weighted by Gasteiger charge is -2.21. The Morgan fingerprint density at radius 1 is 1.56 bits per heavy atom. The first-order valence-corrected chi connectivity index (χ1v) is 6.24. The third-order valence-electron chi connectivity index (χ3n) is 2.44. The number of rotatable bonds is 6. The fourth-order valence-electron chi connectivity index (χ4n) is 1.52. The van der Waals surface area contributed by atoms with Gasteiger partial charge in [0.05, 0.1) is 6.61 Å². The average molecular weight is 314 g/mol. The topological polar surface area (TPSA) is 49.8 Å². The van der Waals surface area contributed by atoms with E-state index in [0.29, 0.717) is 6.61 Å². The van der Waals surface area contributed by atoms with Crippen LogP contribution in [0.3, 0.4) is 0 Å². The molecule has 98 valence electrons. The Hall–Kier alpha value is -1.33. The summed E-state index contributed by atoms with van der Waals surface area (Å²) in [5.41, 5.74) is 1.82. The summed E-state index contributed by atoms with van der Waals surface area (Å²) in [6, 6.07) is 5.76. The minimum atomic E-state index is -0.958. The van der Waals surface area contributed by atoms with Crippen molar-refractivity contribution < 1.29 is 14.6 Å². The van der Waals surface area contributed by atoms with Crippen molar-refractivity contribution in [3.05, 3.63) is 34.3 Å². The molecular weight excluding hydrogens is 298 g/mol. The molecule has 0 saturated heterocycles. The highest BCUT2D eigenvalue weighted by Gasteiger charge is 2.06. The molecule has 0 spiro atoms. The SMILES string of the molecule is COCCN(C)c1ccc(Br)cc1/C=C/C(=O)O. The summed E-state index contributed by atoms with van der Waals surface area (Å²) in [5.74, 6) is -0.958. The molecule has 0 aliphatic carbocycles. The van der Waals surface area contributed by atoms with Crippen LogP contribution in [0.2, 0.25) is 0 Å². The summed E-state index contributed by atoms with van der Waals surface area (Å²) in [4.78, 5) is 12.6. The molecule has 1 aromatic carbocycles. The van der Waals surface area contributed by atoms with Crippen LogP contribution in [-0.4, -0.2) is 38.4 Å². The maximum atomic E-state index is 10.6. The number of nitrogens with zero attached hydrogens (tertiary/aromatic N) is 1. The highest BCUT2D eigenvalue weighted by molar-refractivity contribution is 9.10. The third-order valence-corrected chi connectivity index (χ3v) is 2.93. The molecule has 0 atom stereocenters. The number of ether oxygens (including phenoxy) is 1. The van der Waals surface area contributed by atoms with Crippen LogP contribution in [-0.2, 0) is 9.53 Å². The van der Waals surface area contributed by atoms with Crippen molar-refractivity contribution in [1.82, 2.24) is 0 Å². The number of hydrogen-bond acceptors (Lipinski definition) is 3. The molecule has 0 aliphatic rings. The molecule has 1 aromatic rings. The van der Waals surface area contributed by atoms with Gasteiger partial charge in [0.25, 0.3) is 0 Å². The first-order chi connectivity index (χ1) is 8.54. The molecule has 4 nitrogen and oxygen atoms in total. The van der Waals surface area contributed by atoms with E-state index in [0.717, 1.165) is 28.3 Å². The number of halogens is 1. The summed E-state index contributed by atoms with van der Waals surface area (Å²) in [6.07, 6.45) is 2.72. The highest BCUT2D eigenvalue weighted by Crippen LogP contribution is 2.25. The van der Waals surface area contributed by atoms with Gasteiger partial charge in [0, 0.05) is 36.9 Å². The second-order valence-corrected chi connectivity index (χ2v) is 4.70. The van der Waals surface area contributed by atoms with E-state index in [4.69, 9.17) is 9.84 Å². The van der Waals surface area contributed by atoms with Crippen LogP contribution in [0, 0.1) is 0 Å². The number of hydrogen-bond donors (Lipinski definition) is 1. The molecule has 1 rings (SSSR count). The Kier molecular flexibility index (Phi) is 5.88. The minimum Gasteiger partial charge on any atom is -0.478 e. The summed E-state index contributed by atoms with van der Waals surface area (Å²) in [7, 11) is 3.60. The molecule has 5 heteroatoms. The average Bonchev–Trinajstić information content (AvgIpc) is 2.33. The van der Waals surface area contributed by atoms with Crippen LogP contribution < -0.4 is 4.90 Å². The van der Waals surface area contributed by atoms with Gasteiger partial charge in [-0.1, -0.05) is 15.9 Å². The molecule has 0 aliphatic heterocycles. The smallest absolute Gasteiger partial charge is 0.328 e. The number of aliphatic carboxylic acids is 1. The van der Waals surface area contributed by atoms with Crippen LogP contribution in [0.4, 0.5) is 5.69 Å². The Bertz CT molecular complexity index is 446. The first-order valence-electron chi connectivity index (χ1n) is 5.45. The fraction of sp³-hybridized carbons (Fsp3) is 0.308. The van der Waals surface area contributed by atoms with E-state index in [1.807, 2.05) is 30.1 Å². The number of likely N-dealkylation sites (N-methyl/N-ethyl adjacent to an activating group) is 1. The molecule has 0 bridgehead atoms. The third kappa shape index (κ3) is 4.50. The fourth-order valence-corrected chi connectivity index (χ4v) is 1.90. The van der Waals surface area contributed by atoms with Gasteiger partial charge >= 0.3 is 5.97 Å². The van der Waals surface area contributed by atoms with Crippen LogP contribution in [0.15, 0.2) is 28.7 Å². The van der Waals surface area contributed by atoms with Crippen molar-refractivity contribution in [1.29, 1.82) is 0 Å². The van der Waals surface area contributed by atoms with Crippen LogP contribution in [0.25, 0.3) is 6.08 Å². The Balaban J connectivity index is 2.98. The molecular formula is C13H16BrNO3. The number of methoxy groups -OCH3 is 1. The predicted molar refractivity (Wildman–Crippen MR) is 76.0 cm³/mol. The van der Waals surface area contributed by atoms with Gasteiger partial charge < -0.3 is 14.7 Å². The lowest BCUT2D eigenvalue weighted by Crippen LogP contribution is -2.22. The van der Waals surface area contributed by atoms with Gasteiger partial charge in [0.1, 0.15) is 0 Å². The zero-order chi connectivity index (χ0) is 13.5. The molecule has 0 fully saturated rings.